The lowest BCUT2D eigenvalue weighted by Crippen LogP contribution is -2.34. The molecule has 158 valence electrons. The normalized spacial score (nSPS) is 16.6. The van der Waals surface area contributed by atoms with E-state index in [0.717, 1.165) is 12.1 Å². The van der Waals surface area contributed by atoms with Gasteiger partial charge < -0.3 is 4.90 Å². The van der Waals surface area contributed by atoms with Crippen molar-refractivity contribution in [2.24, 2.45) is 0 Å². The van der Waals surface area contributed by atoms with E-state index in [-0.39, 0.29) is 16.9 Å². The molecule has 0 bridgehead atoms. The third-order valence-electron chi connectivity index (χ3n) is 5.37. The predicted molar refractivity (Wildman–Crippen MR) is 118 cm³/mol. The average molecular weight is 438 g/mol. The van der Waals surface area contributed by atoms with Gasteiger partial charge in [-0.3, -0.25) is 9.59 Å². The van der Waals surface area contributed by atoms with Crippen LogP contribution in [0.25, 0.3) is 0 Å². The van der Waals surface area contributed by atoms with Crippen LogP contribution in [0.5, 0.6) is 0 Å². The van der Waals surface area contributed by atoms with Gasteiger partial charge in [0.15, 0.2) is 5.78 Å². The third-order valence-corrected chi connectivity index (χ3v) is 6.68. The molecule has 1 fully saturated rings. The molecule has 0 aromatic heterocycles. The van der Waals surface area contributed by atoms with E-state index in [1.54, 1.807) is 53.4 Å². The number of hydrogen-bond acceptors (Lipinski definition) is 3. The van der Waals surface area contributed by atoms with Gasteiger partial charge in [0.1, 0.15) is 11.6 Å². The van der Waals surface area contributed by atoms with Crippen molar-refractivity contribution in [2.75, 3.05) is 18.8 Å². The number of halogens is 2. The van der Waals surface area contributed by atoms with Crippen LogP contribution in [0.3, 0.4) is 0 Å². The molecule has 1 aliphatic heterocycles. The second kappa shape index (κ2) is 9.43. The van der Waals surface area contributed by atoms with Gasteiger partial charge in [-0.25, -0.2) is 8.78 Å². The molecular weight excluding hydrogens is 416 g/mol. The van der Waals surface area contributed by atoms with Gasteiger partial charge in [-0.05, 0) is 30.7 Å². The summed E-state index contributed by atoms with van der Waals surface area (Å²) in [7, 11) is 0. The summed E-state index contributed by atoms with van der Waals surface area (Å²) < 4.78 is 27.8. The lowest BCUT2D eigenvalue weighted by atomic mass is 9.97. The van der Waals surface area contributed by atoms with E-state index in [4.69, 9.17) is 0 Å². The average Bonchev–Trinajstić information content (AvgIpc) is 3.06. The monoisotopic (exact) mass is 437 g/mol. The Bertz CT molecular complexity index is 1100. The maximum atomic E-state index is 14.2. The summed E-state index contributed by atoms with van der Waals surface area (Å²) in [5.41, 5.74) is 1.58. The van der Waals surface area contributed by atoms with Crippen LogP contribution in [-0.4, -0.2) is 35.4 Å². The zero-order chi connectivity index (χ0) is 21.8. The Kier molecular flexibility index (Phi) is 6.47. The molecule has 3 nitrogen and oxygen atoms in total. The summed E-state index contributed by atoms with van der Waals surface area (Å²) in [4.78, 5) is 28.0. The van der Waals surface area contributed by atoms with Crippen molar-refractivity contribution in [3.8, 4) is 0 Å². The molecule has 0 N–H and O–H groups in total. The van der Waals surface area contributed by atoms with Gasteiger partial charge in [0.05, 0.1) is 5.56 Å². The number of benzene rings is 3. The molecule has 0 spiro atoms. The summed E-state index contributed by atoms with van der Waals surface area (Å²) in [5, 5.41) is -0.227. The van der Waals surface area contributed by atoms with Crippen LogP contribution in [0.15, 0.2) is 72.8 Å². The molecule has 0 unspecified atom stereocenters. The quantitative estimate of drug-likeness (QED) is 0.505. The number of carbonyl (C=O) groups is 2. The summed E-state index contributed by atoms with van der Waals surface area (Å²) in [6.07, 6.45) is 0.506. The number of hydrogen-bond donors (Lipinski definition) is 0. The van der Waals surface area contributed by atoms with Gasteiger partial charge in [0.2, 0.25) is 0 Å². The van der Waals surface area contributed by atoms with E-state index in [9.17, 15) is 18.4 Å². The van der Waals surface area contributed by atoms with Crippen LogP contribution < -0.4 is 0 Å². The van der Waals surface area contributed by atoms with Crippen LogP contribution in [-0.2, 0) is 0 Å². The molecule has 31 heavy (non-hydrogen) atoms. The molecule has 3 aromatic carbocycles. The van der Waals surface area contributed by atoms with Crippen molar-refractivity contribution in [1.29, 1.82) is 0 Å². The van der Waals surface area contributed by atoms with Gasteiger partial charge in [0.25, 0.3) is 5.91 Å². The van der Waals surface area contributed by atoms with Crippen molar-refractivity contribution in [3.05, 3.63) is 107 Å². The van der Waals surface area contributed by atoms with Gasteiger partial charge in [-0.1, -0.05) is 48.5 Å². The second-order valence-corrected chi connectivity index (χ2v) is 8.66. The highest BCUT2D eigenvalue weighted by Gasteiger charge is 2.27. The number of ketones is 1. The fourth-order valence-electron chi connectivity index (χ4n) is 3.77. The summed E-state index contributed by atoms with van der Waals surface area (Å²) in [6, 6.07) is 19.2. The molecule has 1 atom stereocenters. The van der Waals surface area contributed by atoms with Crippen molar-refractivity contribution < 1.29 is 18.4 Å². The standard InChI is InChI=1S/C25H21F2NO2S/c26-18-10-11-22(27)21(16-18)23-12-13-28(14-15-31-23)25(30)20-9-5-4-8-19(20)24(29)17-6-2-1-3-7-17/h1-11,16,23H,12-15H2/t23-/m0/s1. The van der Waals surface area contributed by atoms with Crippen LogP contribution in [0.4, 0.5) is 8.78 Å². The molecule has 6 heteroatoms. The number of nitrogens with zero attached hydrogens (tertiary/aromatic N) is 1. The van der Waals surface area contributed by atoms with Gasteiger partial charge in [-0.15, -0.1) is 0 Å². The highest BCUT2D eigenvalue weighted by molar-refractivity contribution is 7.99. The Hall–Kier alpha value is -2.99. The summed E-state index contributed by atoms with van der Waals surface area (Å²) in [6.45, 7) is 0.880. The molecule has 1 amide bonds. The highest BCUT2D eigenvalue weighted by atomic mass is 32.2. The van der Waals surface area contributed by atoms with E-state index in [1.165, 1.54) is 17.8 Å². The van der Waals surface area contributed by atoms with E-state index in [0.29, 0.717) is 47.5 Å². The van der Waals surface area contributed by atoms with Gasteiger partial charge >= 0.3 is 0 Å². The molecule has 0 saturated carbocycles. The molecular formula is C25H21F2NO2S. The van der Waals surface area contributed by atoms with Crippen LogP contribution in [0, 0.1) is 11.6 Å². The molecule has 0 aliphatic carbocycles. The van der Waals surface area contributed by atoms with Crippen molar-refractivity contribution >= 4 is 23.5 Å². The van der Waals surface area contributed by atoms with Crippen molar-refractivity contribution in [2.45, 2.75) is 11.7 Å². The van der Waals surface area contributed by atoms with Crippen LogP contribution >= 0.6 is 11.8 Å². The maximum Gasteiger partial charge on any atom is 0.254 e. The van der Waals surface area contributed by atoms with E-state index < -0.39 is 11.6 Å². The van der Waals surface area contributed by atoms with E-state index >= 15 is 0 Å². The Morgan fingerprint density at radius 3 is 2.35 bits per heavy atom. The number of carbonyl (C=O) groups excluding carboxylic acids is 2. The minimum Gasteiger partial charge on any atom is -0.338 e. The zero-order valence-corrected chi connectivity index (χ0v) is 17.6. The minimum atomic E-state index is -0.470. The second-order valence-electron chi connectivity index (χ2n) is 7.35. The van der Waals surface area contributed by atoms with Crippen LogP contribution in [0.2, 0.25) is 0 Å². The fraction of sp³-hybridized carbons (Fsp3) is 0.200. The molecule has 1 saturated heterocycles. The zero-order valence-electron chi connectivity index (χ0n) is 16.8. The largest absolute Gasteiger partial charge is 0.338 e. The SMILES string of the molecule is O=C(c1ccccc1)c1ccccc1C(=O)N1CCS[C@H](c2cc(F)ccc2F)CC1. The number of thioether (sulfide) groups is 1. The van der Waals surface area contributed by atoms with Crippen LogP contribution in [0.1, 0.15) is 43.5 Å². The molecule has 3 aromatic rings. The number of rotatable bonds is 4. The highest BCUT2D eigenvalue weighted by Crippen LogP contribution is 2.36. The molecule has 1 heterocycles. The molecule has 4 rings (SSSR count). The summed E-state index contributed by atoms with van der Waals surface area (Å²) >= 11 is 1.52. The smallest absolute Gasteiger partial charge is 0.254 e. The Morgan fingerprint density at radius 1 is 0.871 bits per heavy atom. The van der Waals surface area contributed by atoms with Gasteiger partial charge in [0, 0.05) is 40.8 Å². The Morgan fingerprint density at radius 2 is 1.58 bits per heavy atom. The van der Waals surface area contributed by atoms with Crippen molar-refractivity contribution in [1.82, 2.24) is 4.90 Å². The van der Waals surface area contributed by atoms with E-state index in [1.807, 2.05) is 6.07 Å². The first-order valence-corrected chi connectivity index (χ1v) is 11.1. The first kappa shape index (κ1) is 21.2. The molecule has 1 aliphatic rings. The minimum absolute atomic E-state index is 0.201. The summed E-state index contributed by atoms with van der Waals surface area (Å²) in [5.74, 6) is -0.726. The Balaban J connectivity index is 1.54. The topological polar surface area (TPSA) is 37.4 Å². The van der Waals surface area contributed by atoms with Crippen molar-refractivity contribution in [3.63, 3.8) is 0 Å². The lowest BCUT2D eigenvalue weighted by molar-refractivity contribution is 0.0762. The maximum absolute atomic E-state index is 14.2. The number of amides is 1. The third kappa shape index (κ3) is 4.69. The first-order chi connectivity index (χ1) is 15.0. The Labute approximate surface area is 184 Å². The fourth-order valence-corrected chi connectivity index (χ4v) is 5.01. The first-order valence-electron chi connectivity index (χ1n) is 10.1. The predicted octanol–water partition coefficient (Wildman–Crippen LogP) is 5.52. The molecule has 0 radical (unpaired) electrons. The van der Waals surface area contributed by atoms with E-state index in [2.05, 4.69) is 0 Å². The van der Waals surface area contributed by atoms with Gasteiger partial charge in [-0.2, -0.15) is 11.8 Å². The lowest BCUT2D eigenvalue weighted by Gasteiger charge is -2.22.